The second kappa shape index (κ2) is 3.82. The quantitative estimate of drug-likeness (QED) is 0.427. The number of isocyanates is 2. The second-order valence-electron chi connectivity index (χ2n) is 3.17. The van der Waals surface area contributed by atoms with Gasteiger partial charge >= 0.3 is 0 Å². The number of carbonyl (C=O) groups excluding carboxylic acids is 2. The molecular formula is C8H8N2O4. The lowest BCUT2D eigenvalue weighted by molar-refractivity contribution is 0.0693. The Hall–Kier alpha value is -1.32. The Kier molecular flexibility index (Phi) is 2.52. The molecule has 4 atom stereocenters. The molecule has 2 aliphatic heterocycles. The van der Waals surface area contributed by atoms with E-state index < -0.39 is 0 Å². The number of ether oxygens (including phenoxy) is 2. The first kappa shape index (κ1) is 9.24. The maximum atomic E-state index is 10.1. The van der Waals surface area contributed by atoms with E-state index in [1.165, 1.54) is 12.2 Å². The lowest BCUT2D eigenvalue weighted by Crippen LogP contribution is -2.29. The van der Waals surface area contributed by atoms with Crippen molar-refractivity contribution in [3.8, 4) is 0 Å². The normalized spacial score (nSPS) is 39.7. The Morgan fingerprint density at radius 2 is 1.36 bits per heavy atom. The highest BCUT2D eigenvalue weighted by molar-refractivity contribution is 5.35. The van der Waals surface area contributed by atoms with Gasteiger partial charge in [0.25, 0.3) is 0 Å². The predicted molar refractivity (Wildman–Crippen MR) is 43.3 cm³/mol. The van der Waals surface area contributed by atoms with E-state index >= 15 is 0 Å². The van der Waals surface area contributed by atoms with E-state index in [1.807, 2.05) is 0 Å². The van der Waals surface area contributed by atoms with Gasteiger partial charge in [0.15, 0.2) is 0 Å². The van der Waals surface area contributed by atoms with Crippen LogP contribution in [0.25, 0.3) is 0 Å². The molecule has 0 N–H and O–H groups in total. The lowest BCUT2D eigenvalue weighted by Gasteiger charge is -2.09. The van der Waals surface area contributed by atoms with Crippen LogP contribution in [0, 0.1) is 0 Å². The van der Waals surface area contributed by atoms with E-state index in [4.69, 9.17) is 9.47 Å². The van der Waals surface area contributed by atoms with Crippen LogP contribution in [0.3, 0.4) is 0 Å². The zero-order valence-corrected chi connectivity index (χ0v) is 7.25. The predicted octanol–water partition coefficient (Wildman–Crippen LogP) is -0.807. The maximum Gasteiger partial charge on any atom is 0.235 e. The summed E-state index contributed by atoms with van der Waals surface area (Å²) in [6.07, 6.45) is 2.39. The number of fused-ring (bicyclic) bond motifs is 1. The molecule has 2 rings (SSSR count). The molecule has 0 aromatic carbocycles. The molecular weight excluding hydrogens is 188 g/mol. The van der Waals surface area contributed by atoms with Gasteiger partial charge in [0.05, 0.1) is 13.2 Å². The molecule has 0 bridgehead atoms. The molecule has 2 heterocycles. The fourth-order valence-electron chi connectivity index (χ4n) is 1.82. The van der Waals surface area contributed by atoms with Crippen LogP contribution < -0.4 is 0 Å². The summed E-state index contributed by atoms with van der Waals surface area (Å²) in [6, 6.07) is -0.631. The van der Waals surface area contributed by atoms with Gasteiger partial charge in [-0.1, -0.05) is 0 Å². The largest absolute Gasteiger partial charge is 0.371 e. The molecule has 0 aliphatic carbocycles. The molecule has 0 amide bonds. The molecule has 6 heteroatoms. The van der Waals surface area contributed by atoms with Crippen molar-refractivity contribution in [2.45, 2.75) is 24.3 Å². The molecule has 2 fully saturated rings. The Morgan fingerprint density at radius 3 is 1.71 bits per heavy atom. The smallest absolute Gasteiger partial charge is 0.235 e. The third-order valence-electron chi connectivity index (χ3n) is 2.44. The van der Waals surface area contributed by atoms with Crippen molar-refractivity contribution in [2.75, 3.05) is 13.2 Å². The highest BCUT2D eigenvalue weighted by atomic mass is 16.6. The van der Waals surface area contributed by atoms with Gasteiger partial charge in [0.1, 0.15) is 24.3 Å². The zero-order chi connectivity index (χ0) is 9.97. The van der Waals surface area contributed by atoms with Gasteiger partial charge in [-0.25, -0.2) is 9.59 Å². The molecule has 0 aromatic rings. The number of rotatable bonds is 2. The Labute approximate surface area is 79.6 Å². The Bertz CT molecular complexity index is 287. The van der Waals surface area contributed by atoms with Crippen molar-refractivity contribution in [3.63, 3.8) is 0 Å². The first-order valence-corrected chi connectivity index (χ1v) is 4.24. The monoisotopic (exact) mass is 196 g/mol. The minimum absolute atomic E-state index is 0.279. The number of hydrogen-bond donors (Lipinski definition) is 0. The summed E-state index contributed by atoms with van der Waals surface area (Å²) in [5, 5.41) is 0. The molecule has 0 spiro atoms. The van der Waals surface area contributed by atoms with E-state index in [1.54, 1.807) is 0 Å². The van der Waals surface area contributed by atoms with Crippen LogP contribution in [0.1, 0.15) is 0 Å². The fraction of sp³-hybridized carbons (Fsp3) is 0.750. The van der Waals surface area contributed by atoms with Crippen molar-refractivity contribution in [3.05, 3.63) is 0 Å². The van der Waals surface area contributed by atoms with Crippen LogP contribution in [0.15, 0.2) is 9.98 Å². The van der Waals surface area contributed by atoms with Gasteiger partial charge in [0.2, 0.25) is 12.2 Å². The summed E-state index contributed by atoms with van der Waals surface area (Å²) in [6.45, 7) is 0.630. The van der Waals surface area contributed by atoms with Crippen molar-refractivity contribution in [2.24, 2.45) is 9.98 Å². The first-order chi connectivity index (χ1) is 6.86. The van der Waals surface area contributed by atoms with Gasteiger partial charge in [-0.15, -0.1) is 0 Å². The summed E-state index contributed by atoms with van der Waals surface area (Å²) in [4.78, 5) is 27.3. The SMILES string of the molecule is O=C=N[C@@H]1CO[C@H]2[C@@H]1OC[C@H]2N=C=O. The number of hydrogen-bond acceptors (Lipinski definition) is 6. The molecule has 0 saturated carbocycles. The molecule has 74 valence electrons. The summed E-state index contributed by atoms with van der Waals surface area (Å²) in [5.74, 6) is 0. The van der Waals surface area contributed by atoms with E-state index in [0.29, 0.717) is 13.2 Å². The third-order valence-corrected chi connectivity index (χ3v) is 2.44. The number of nitrogens with zero attached hydrogens (tertiary/aromatic N) is 2. The average molecular weight is 196 g/mol. The maximum absolute atomic E-state index is 10.1. The van der Waals surface area contributed by atoms with Gasteiger partial charge in [-0.05, 0) is 0 Å². The zero-order valence-electron chi connectivity index (χ0n) is 7.25. The van der Waals surface area contributed by atoms with Crippen LogP contribution in [0.4, 0.5) is 0 Å². The average Bonchev–Trinajstić information content (AvgIpc) is 2.72. The van der Waals surface area contributed by atoms with Crippen LogP contribution >= 0.6 is 0 Å². The molecule has 0 radical (unpaired) electrons. The summed E-state index contributed by atoms with van der Waals surface area (Å²) in [5.41, 5.74) is 0. The van der Waals surface area contributed by atoms with Crippen molar-refractivity contribution in [1.82, 2.24) is 0 Å². The molecule has 2 saturated heterocycles. The Morgan fingerprint density at radius 1 is 0.929 bits per heavy atom. The van der Waals surface area contributed by atoms with E-state index in [9.17, 15) is 9.59 Å². The van der Waals surface area contributed by atoms with Crippen LogP contribution in [0.5, 0.6) is 0 Å². The molecule has 14 heavy (non-hydrogen) atoms. The van der Waals surface area contributed by atoms with Crippen molar-refractivity contribution in [1.29, 1.82) is 0 Å². The topological polar surface area (TPSA) is 77.3 Å². The fourth-order valence-corrected chi connectivity index (χ4v) is 1.82. The highest BCUT2D eigenvalue weighted by Gasteiger charge is 2.48. The third kappa shape index (κ3) is 1.41. The van der Waals surface area contributed by atoms with Crippen LogP contribution in [0.2, 0.25) is 0 Å². The minimum Gasteiger partial charge on any atom is -0.371 e. The van der Waals surface area contributed by atoms with Crippen molar-refractivity contribution >= 4 is 12.2 Å². The summed E-state index contributed by atoms with van der Waals surface area (Å²) >= 11 is 0. The van der Waals surface area contributed by atoms with E-state index in [2.05, 4.69) is 9.98 Å². The molecule has 6 nitrogen and oxygen atoms in total. The van der Waals surface area contributed by atoms with Gasteiger partial charge < -0.3 is 9.47 Å². The summed E-state index contributed by atoms with van der Waals surface area (Å²) < 4.78 is 10.7. The first-order valence-electron chi connectivity index (χ1n) is 4.24. The molecule has 2 aliphatic rings. The lowest BCUT2D eigenvalue weighted by atomic mass is 10.1. The van der Waals surface area contributed by atoms with E-state index in [-0.39, 0.29) is 24.3 Å². The van der Waals surface area contributed by atoms with Gasteiger partial charge in [-0.3, -0.25) is 0 Å². The molecule has 0 aromatic heterocycles. The second-order valence-corrected chi connectivity index (χ2v) is 3.17. The van der Waals surface area contributed by atoms with Gasteiger partial charge in [-0.2, -0.15) is 9.98 Å². The highest BCUT2D eigenvalue weighted by Crippen LogP contribution is 2.29. The van der Waals surface area contributed by atoms with E-state index in [0.717, 1.165) is 0 Å². The van der Waals surface area contributed by atoms with Gasteiger partial charge in [0, 0.05) is 0 Å². The van der Waals surface area contributed by atoms with Crippen LogP contribution in [-0.4, -0.2) is 49.7 Å². The summed E-state index contributed by atoms with van der Waals surface area (Å²) in [7, 11) is 0. The Balaban J connectivity index is 2.11. The molecule has 0 unspecified atom stereocenters. The standard InChI is InChI=1S/C8H8N2O4/c11-3-9-5-1-13-8-6(10-4-12)2-14-7(5)8/h5-8H,1-2H2/t5-,6-,7-,8-/m1/s1. The number of aliphatic imine (C=N–C) groups is 2. The van der Waals surface area contributed by atoms with Crippen molar-refractivity contribution < 1.29 is 19.1 Å². The van der Waals surface area contributed by atoms with Crippen LogP contribution in [-0.2, 0) is 19.1 Å². The minimum atomic E-state index is -0.315.